The second-order valence-corrected chi connectivity index (χ2v) is 10.0. The Labute approximate surface area is 215 Å². The highest BCUT2D eigenvalue weighted by atomic mass is 32.1. The van der Waals surface area contributed by atoms with Crippen molar-refractivity contribution in [2.45, 2.75) is 6.04 Å². The van der Waals surface area contributed by atoms with Crippen molar-refractivity contribution in [3.63, 3.8) is 0 Å². The van der Waals surface area contributed by atoms with Crippen molar-refractivity contribution in [3.8, 4) is 10.6 Å². The molecule has 1 aliphatic rings. The van der Waals surface area contributed by atoms with Crippen LogP contribution >= 0.6 is 11.3 Å². The number of aromatic nitrogens is 1. The monoisotopic (exact) mass is 489 g/mol. The number of carbonyl (C=O) groups is 1. The molecule has 2 aromatic heterocycles. The fourth-order valence-electron chi connectivity index (χ4n) is 5.14. The topological polar surface area (TPSA) is 36.4 Å². The van der Waals surface area contributed by atoms with Gasteiger partial charge in [0.05, 0.1) is 27.7 Å². The predicted octanol–water partition coefficient (Wildman–Crippen LogP) is 6.51. The van der Waals surface area contributed by atoms with Crippen molar-refractivity contribution in [1.29, 1.82) is 0 Å². The Bertz CT molecular complexity index is 1420. The lowest BCUT2D eigenvalue weighted by atomic mass is 9.96. The smallest absolute Gasteiger partial charge is 0.254 e. The maximum atomic E-state index is 13.8. The number of carbonyl (C=O) groups excluding carboxylic acids is 1. The lowest BCUT2D eigenvalue weighted by Gasteiger charge is -2.40. The number of hydrogen-bond donors (Lipinski definition) is 0. The minimum absolute atomic E-state index is 0.0852. The fraction of sp³-hybridized carbons (Fsp3) is 0.161. The van der Waals surface area contributed by atoms with Crippen molar-refractivity contribution < 1.29 is 4.79 Å². The van der Waals surface area contributed by atoms with Crippen LogP contribution in [0.4, 0.5) is 0 Å². The second kappa shape index (κ2) is 10.1. The summed E-state index contributed by atoms with van der Waals surface area (Å²) in [6, 6.07) is 35.5. The zero-order valence-electron chi connectivity index (χ0n) is 20.0. The van der Waals surface area contributed by atoms with E-state index in [1.807, 2.05) is 46.7 Å². The third-order valence-electron chi connectivity index (χ3n) is 6.92. The number of amides is 1. The van der Waals surface area contributed by atoms with Gasteiger partial charge in [0.15, 0.2) is 0 Å². The fourth-order valence-corrected chi connectivity index (χ4v) is 5.83. The van der Waals surface area contributed by atoms with Crippen molar-refractivity contribution >= 4 is 28.1 Å². The summed E-state index contributed by atoms with van der Waals surface area (Å²) in [4.78, 5) is 24.3. The Hall–Kier alpha value is -3.80. The maximum Gasteiger partial charge on any atom is 0.254 e. The summed E-state index contributed by atoms with van der Waals surface area (Å²) in [5.74, 6) is 0.0852. The van der Waals surface area contributed by atoms with Crippen molar-refractivity contribution in [2.75, 3.05) is 26.2 Å². The molecule has 1 amide bonds. The molecule has 0 bridgehead atoms. The van der Waals surface area contributed by atoms with Crippen LogP contribution in [0.1, 0.15) is 27.5 Å². The van der Waals surface area contributed by atoms with Crippen LogP contribution < -0.4 is 0 Å². The first-order valence-electron chi connectivity index (χ1n) is 12.3. The molecule has 5 heteroatoms. The zero-order chi connectivity index (χ0) is 24.3. The molecule has 5 aromatic rings. The van der Waals surface area contributed by atoms with Gasteiger partial charge in [-0.15, -0.1) is 11.3 Å². The standard InChI is InChI=1S/C31H27N3OS/c35-31(26-22-28(29-16-9-21-36-29)32-27-15-8-7-14-25(26)27)34-19-17-33(18-20-34)30(23-10-3-1-4-11-23)24-12-5-2-6-13-24/h1-16,21-22,30H,17-20H2. The Balaban J connectivity index is 1.27. The molecule has 1 aliphatic heterocycles. The van der Waals surface area contributed by atoms with Crippen LogP contribution in [-0.2, 0) is 0 Å². The minimum atomic E-state index is 0.0852. The summed E-state index contributed by atoms with van der Waals surface area (Å²) >= 11 is 1.65. The Morgan fingerprint density at radius 3 is 2.03 bits per heavy atom. The molecular formula is C31H27N3OS. The normalized spacial score (nSPS) is 14.4. The van der Waals surface area contributed by atoms with Gasteiger partial charge in [-0.3, -0.25) is 9.69 Å². The minimum Gasteiger partial charge on any atom is -0.336 e. The number of fused-ring (bicyclic) bond motifs is 1. The molecule has 3 heterocycles. The Morgan fingerprint density at radius 1 is 0.750 bits per heavy atom. The average Bonchev–Trinajstić information content (AvgIpc) is 3.49. The van der Waals surface area contributed by atoms with Gasteiger partial charge in [-0.05, 0) is 34.7 Å². The summed E-state index contributed by atoms with van der Waals surface area (Å²) in [6.45, 7) is 3.03. The van der Waals surface area contributed by atoms with Gasteiger partial charge in [0, 0.05) is 31.6 Å². The van der Waals surface area contributed by atoms with Crippen LogP contribution in [0.15, 0.2) is 109 Å². The van der Waals surface area contributed by atoms with Gasteiger partial charge >= 0.3 is 0 Å². The number of para-hydroxylation sites is 1. The highest BCUT2D eigenvalue weighted by Gasteiger charge is 2.29. The summed E-state index contributed by atoms with van der Waals surface area (Å²) < 4.78 is 0. The summed E-state index contributed by atoms with van der Waals surface area (Å²) in [6.07, 6.45) is 0. The van der Waals surface area contributed by atoms with Gasteiger partial charge in [-0.2, -0.15) is 0 Å². The van der Waals surface area contributed by atoms with E-state index < -0.39 is 0 Å². The molecule has 178 valence electrons. The molecule has 0 spiro atoms. The van der Waals surface area contributed by atoms with E-state index in [1.165, 1.54) is 11.1 Å². The number of rotatable bonds is 5. The molecule has 0 N–H and O–H groups in total. The van der Waals surface area contributed by atoms with E-state index in [9.17, 15) is 4.79 Å². The van der Waals surface area contributed by atoms with E-state index in [0.29, 0.717) is 13.1 Å². The van der Waals surface area contributed by atoms with Gasteiger partial charge < -0.3 is 4.90 Å². The quantitative estimate of drug-likeness (QED) is 0.282. The average molecular weight is 490 g/mol. The Morgan fingerprint density at radius 2 is 1.39 bits per heavy atom. The van der Waals surface area contributed by atoms with E-state index >= 15 is 0 Å². The molecule has 0 aliphatic carbocycles. The highest BCUT2D eigenvalue weighted by molar-refractivity contribution is 7.13. The number of nitrogens with zero attached hydrogens (tertiary/aromatic N) is 3. The third-order valence-corrected chi connectivity index (χ3v) is 7.81. The Kier molecular flexibility index (Phi) is 6.33. The SMILES string of the molecule is O=C(c1cc(-c2cccs2)nc2ccccc12)N1CCN(C(c2ccccc2)c2ccccc2)CC1. The van der Waals surface area contributed by atoms with E-state index in [4.69, 9.17) is 4.98 Å². The van der Waals surface area contributed by atoms with Crippen LogP contribution in [0.25, 0.3) is 21.5 Å². The molecule has 0 radical (unpaired) electrons. The lowest BCUT2D eigenvalue weighted by molar-refractivity contribution is 0.0599. The molecule has 0 saturated carbocycles. The van der Waals surface area contributed by atoms with Gasteiger partial charge in [0.1, 0.15) is 0 Å². The number of piperazine rings is 1. The molecule has 3 aromatic carbocycles. The number of thiophene rings is 1. The molecule has 1 saturated heterocycles. The molecule has 0 atom stereocenters. The van der Waals surface area contributed by atoms with Gasteiger partial charge in [0.25, 0.3) is 5.91 Å². The van der Waals surface area contributed by atoms with E-state index in [-0.39, 0.29) is 11.9 Å². The predicted molar refractivity (Wildman–Crippen MR) is 147 cm³/mol. The van der Waals surface area contributed by atoms with Gasteiger partial charge in [-0.25, -0.2) is 4.98 Å². The number of pyridine rings is 1. The highest BCUT2D eigenvalue weighted by Crippen LogP contribution is 2.31. The van der Waals surface area contributed by atoms with Crippen molar-refractivity contribution in [1.82, 2.24) is 14.8 Å². The largest absolute Gasteiger partial charge is 0.336 e. The summed E-state index contributed by atoms with van der Waals surface area (Å²) in [7, 11) is 0. The first kappa shape index (κ1) is 22.7. The second-order valence-electron chi connectivity index (χ2n) is 9.10. The molecule has 1 fully saturated rings. The van der Waals surface area contributed by atoms with Crippen molar-refractivity contribution in [2.24, 2.45) is 0 Å². The van der Waals surface area contributed by atoms with Gasteiger partial charge in [-0.1, -0.05) is 84.9 Å². The zero-order valence-corrected chi connectivity index (χ0v) is 20.8. The number of benzene rings is 3. The van der Waals surface area contributed by atoms with Crippen LogP contribution in [0, 0.1) is 0 Å². The van der Waals surface area contributed by atoms with Crippen LogP contribution in [0.5, 0.6) is 0 Å². The van der Waals surface area contributed by atoms with E-state index in [2.05, 4.69) is 71.6 Å². The van der Waals surface area contributed by atoms with Crippen molar-refractivity contribution in [3.05, 3.63) is 125 Å². The van der Waals surface area contributed by atoms with E-state index in [1.54, 1.807) is 11.3 Å². The van der Waals surface area contributed by atoms with E-state index in [0.717, 1.165) is 40.1 Å². The first-order chi connectivity index (χ1) is 17.8. The van der Waals surface area contributed by atoms with Crippen LogP contribution in [0.2, 0.25) is 0 Å². The third kappa shape index (κ3) is 4.43. The van der Waals surface area contributed by atoms with Gasteiger partial charge in [0.2, 0.25) is 0 Å². The van der Waals surface area contributed by atoms with Crippen LogP contribution in [0.3, 0.4) is 0 Å². The summed E-state index contributed by atoms with van der Waals surface area (Å²) in [5.41, 5.74) is 5.02. The molecule has 0 unspecified atom stereocenters. The maximum absolute atomic E-state index is 13.8. The molecule has 36 heavy (non-hydrogen) atoms. The number of hydrogen-bond acceptors (Lipinski definition) is 4. The van der Waals surface area contributed by atoms with Crippen LogP contribution in [-0.4, -0.2) is 46.9 Å². The summed E-state index contributed by atoms with van der Waals surface area (Å²) in [5, 5.41) is 2.96. The lowest BCUT2D eigenvalue weighted by Crippen LogP contribution is -2.49. The first-order valence-corrected chi connectivity index (χ1v) is 13.2. The molecule has 4 nitrogen and oxygen atoms in total. The molecule has 6 rings (SSSR count). The molecular weight excluding hydrogens is 462 g/mol.